The number of hydrogen-bond donors (Lipinski definition) is 1. The molecule has 11 heavy (non-hydrogen) atoms. The van der Waals surface area contributed by atoms with E-state index in [-0.39, 0.29) is 0 Å². The topological polar surface area (TPSA) is 15.3 Å². The molecule has 66 valence electrons. The van der Waals surface area contributed by atoms with Crippen molar-refractivity contribution in [1.29, 1.82) is 0 Å². The summed E-state index contributed by atoms with van der Waals surface area (Å²) in [6.07, 6.45) is 1.40. The Hall–Kier alpha value is -0.0800. The zero-order valence-corrected chi connectivity index (χ0v) is 7.93. The number of nitrogens with one attached hydrogen (secondary N) is 1. The molecule has 0 aromatic heterocycles. The van der Waals surface area contributed by atoms with E-state index in [9.17, 15) is 0 Å². The summed E-state index contributed by atoms with van der Waals surface area (Å²) in [6, 6.07) is 0.829. The van der Waals surface area contributed by atoms with Gasteiger partial charge in [-0.15, -0.1) is 0 Å². The monoisotopic (exact) mass is 156 g/mol. The van der Waals surface area contributed by atoms with Gasteiger partial charge in [-0.2, -0.15) is 0 Å². The molecule has 2 fully saturated rings. The minimum absolute atomic E-state index is 0.829. The Morgan fingerprint density at radius 3 is 2.64 bits per heavy atom. The Labute approximate surface area is 70.0 Å². The van der Waals surface area contributed by atoms with Crippen LogP contribution < -0.4 is 5.32 Å². The van der Waals surface area contributed by atoms with Crippen LogP contribution in [-0.4, -0.2) is 37.6 Å². The third kappa shape index (κ3) is 1.94. The van der Waals surface area contributed by atoms with Crippen molar-refractivity contribution in [3.05, 3.63) is 0 Å². The second kappa shape index (κ2) is 4.07. The molecule has 2 unspecified atom stereocenters. The van der Waals surface area contributed by atoms with Crippen molar-refractivity contribution in [2.24, 2.45) is 5.92 Å². The maximum Gasteiger partial charge on any atom is 0.0235 e. The number of rotatable bonds is 0. The van der Waals surface area contributed by atoms with E-state index in [1.54, 1.807) is 0 Å². The second-order valence-electron chi connectivity index (χ2n) is 3.33. The number of hydrogen-bond acceptors (Lipinski definition) is 2. The highest BCUT2D eigenvalue weighted by atomic mass is 15.2. The number of likely N-dealkylation sites (N-methyl/N-ethyl adjacent to an activating group) is 1. The van der Waals surface area contributed by atoms with Gasteiger partial charge in [0.2, 0.25) is 0 Å². The first-order valence-electron chi connectivity index (χ1n) is 4.78. The fourth-order valence-corrected chi connectivity index (χ4v) is 2.06. The SMILES string of the molecule is CC.CN1CC2CCNC2C1. The van der Waals surface area contributed by atoms with Gasteiger partial charge in [-0.3, -0.25) is 0 Å². The molecular weight excluding hydrogens is 136 g/mol. The molecular formula is C9H20N2. The van der Waals surface area contributed by atoms with Crippen LogP contribution in [0.4, 0.5) is 0 Å². The molecule has 0 bridgehead atoms. The van der Waals surface area contributed by atoms with Crippen LogP contribution in [0.3, 0.4) is 0 Å². The van der Waals surface area contributed by atoms with Crippen LogP contribution in [0.15, 0.2) is 0 Å². The van der Waals surface area contributed by atoms with Crippen molar-refractivity contribution in [2.75, 3.05) is 26.7 Å². The summed E-state index contributed by atoms with van der Waals surface area (Å²) in [7, 11) is 2.21. The summed E-state index contributed by atoms with van der Waals surface area (Å²) in [5, 5.41) is 3.51. The van der Waals surface area contributed by atoms with Crippen LogP contribution in [0, 0.1) is 5.92 Å². The summed E-state index contributed by atoms with van der Waals surface area (Å²) in [5.74, 6) is 0.968. The van der Waals surface area contributed by atoms with Gasteiger partial charge < -0.3 is 10.2 Å². The fourth-order valence-electron chi connectivity index (χ4n) is 2.06. The third-order valence-corrected chi connectivity index (χ3v) is 2.55. The van der Waals surface area contributed by atoms with Gasteiger partial charge >= 0.3 is 0 Å². The Kier molecular flexibility index (Phi) is 3.34. The van der Waals surface area contributed by atoms with Gasteiger partial charge in [0, 0.05) is 19.1 Å². The highest BCUT2D eigenvalue weighted by Gasteiger charge is 2.33. The number of nitrogens with zero attached hydrogens (tertiary/aromatic N) is 1. The van der Waals surface area contributed by atoms with Crippen LogP contribution >= 0.6 is 0 Å². The van der Waals surface area contributed by atoms with Gasteiger partial charge in [0.25, 0.3) is 0 Å². The molecule has 0 aliphatic carbocycles. The predicted molar refractivity (Wildman–Crippen MR) is 48.7 cm³/mol. The van der Waals surface area contributed by atoms with Gasteiger partial charge in [0.15, 0.2) is 0 Å². The van der Waals surface area contributed by atoms with E-state index in [2.05, 4.69) is 17.3 Å². The first-order chi connectivity index (χ1) is 5.36. The predicted octanol–water partition coefficient (Wildman–Crippen LogP) is 0.936. The van der Waals surface area contributed by atoms with Crippen molar-refractivity contribution in [2.45, 2.75) is 26.3 Å². The average Bonchev–Trinajstić information content (AvgIpc) is 2.51. The van der Waals surface area contributed by atoms with Gasteiger partial charge in [0.1, 0.15) is 0 Å². The number of likely N-dealkylation sites (tertiary alicyclic amines) is 1. The lowest BCUT2D eigenvalue weighted by Gasteiger charge is -2.07. The van der Waals surface area contributed by atoms with Crippen molar-refractivity contribution in [1.82, 2.24) is 10.2 Å². The van der Waals surface area contributed by atoms with Crippen molar-refractivity contribution < 1.29 is 0 Å². The Bertz CT molecular complexity index is 102. The Balaban J connectivity index is 0.000000281. The maximum atomic E-state index is 3.51. The minimum atomic E-state index is 0.829. The molecule has 2 heteroatoms. The summed E-state index contributed by atoms with van der Waals surface area (Å²) in [6.45, 7) is 7.84. The van der Waals surface area contributed by atoms with E-state index < -0.39 is 0 Å². The lowest BCUT2D eigenvalue weighted by Crippen LogP contribution is -2.28. The summed E-state index contributed by atoms with van der Waals surface area (Å²) >= 11 is 0. The highest BCUT2D eigenvalue weighted by molar-refractivity contribution is 4.92. The van der Waals surface area contributed by atoms with Gasteiger partial charge in [-0.05, 0) is 25.9 Å². The normalized spacial score (nSPS) is 36.3. The molecule has 2 atom stereocenters. The summed E-state index contributed by atoms with van der Waals surface area (Å²) in [4.78, 5) is 2.42. The fraction of sp³-hybridized carbons (Fsp3) is 1.00. The van der Waals surface area contributed by atoms with Crippen LogP contribution in [-0.2, 0) is 0 Å². The smallest absolute Gasteiger partial charge is 0.0235 e. The van der Waals surface area contributed by atoms with E-state index in [0.29, 0.717) is 0 Å². The van der Waals surface area contributed by atoms with Crippen LogP contribution in [0.1, 0.15) is 20.3 Å². The molecule has 2 rings (SSSR count). The van der Waals surface area contributed by atoms with Crippen molar-refractivity contribution >= 4 is 0 Å². The quantitative estimate of drug-likeness (QED) is 0.561. The zero-order valence-electron chi connectivity index (χ0n) is 7.93. The average molecular weight is 156 g/mol. The molecule has 2 aliphatic rings. The molecule has 0 aromatic rings. The summed E-state index contributed by atoms with van der Waals surface area (Å²) < 4.78 is 0. The molecule has 2 heterocycles. The maximum absolute atomic E-state index is 3.51. The molecule has 0 spiro atoms. The lowest BCUT2D eigenvalue weighted by atomic mass is 10.1. The molecule has 1 N–H and O–H groups in total. The second-order valence-corrected chi connectivity index (χ2v) is 3.33. The largest absolute Gasteiger partial charge is 0.312 e. The Morgan fingerprint density at radius 1 is 1.27 bits per heavy atom. The van der Waals surface area contributed by atoms with E-state index >= 15 is 0 Å². The highest BCUT2D eigenvalue weighted by Crippen LogP contribution is 2.22. The lowest BCUT2D eigenvalue weighted by molar-refractivity contribution is 0.382. The first kappa shape index (κ1) is 9.01. The third-order valence-electron chi connectivity index (χ3n) is 2.55. The van der Waals surface area contributed by atoms with Crippen LogP contribution in [0.2, 0.25) is 0 Å². The van der Waals surface area contributed by atoms with Crippen LogP contribution in [0.25, 0.3) is 0 Å². The molecule has 2 nitrogen and oxygen atoms in total. The first-order valence-corrected chi connectivity index (χ1v) is 4.78. The van der Waals surface area contributed by atoms with E-state index in [0.717, 1.165) is 12.0 Å². The van der Waals surface area contributed by atoms with E-state index in [1.165, 1.54) is 26.1 Å². The summed E-state index contributed by atoms with van der Waals surface area (Å²) in [5.41, 5.74) is 0. The minimum Gasteiger partial charge on any atom is -0.312 e. The van der Waals surface area contributed by atoms with Gasteiger partial charge in [-0.25, -0.2) is 0 Å². The van der Waals surface area contributed by atoms with Crippen molar-refractivity contribution in [3.8, 4) is 0 Å². The standard InChI is InChI=1S/C7H14N2.C2H6/c1-9-4-6-2-3-8-7(6)5-9;1-2/h6-8H,2-5H2,1H3;1-2H3. The molecule has 0 aromatic carbocycles. The molecule has 2 saturated heterocycles. The van der Waals surface area contributed by atoms with Gasteiger partial charge in [-0.1, -0.05) is 13.8 Å². The molecule has 2 aliphatic heterocycles. The Morgan fingerprint density at radius 2 is 2.00 bits per heavy atom. The van der Waals surface area contributed by atoms with Crippen molar-refractivity contribution in [3.63, 3.8) is 0 Å². The molecule has 0 saturated carbocycles. The van der Waals surface area contributed by atoms with Crippen LogP contribution in [0.5, 0.6) is 0 Å². The number of fused-ring (bicyclic) bond motifs is 1. The molecule has 0 amide bonds. The molecule has 0 radical (unpaired) electrons. The van der Waals surface area contributed by atoms with Gasteiger partial charge in [0.05, 0.1) is 0 Å². The van der Waals surface area contributed by atoms with E-state index in [1.807, 2.05) is 13.8 Å². The zero-order chi connectivity index (χ0) is 8.27. The van der Waals surface area contributed by atoms with E-state index in [4.69, 9.17) is 0 Å².